The molecule has 1 aromatic carbocycles. The van der Waals surface area contributed by atoms with E-state index in [4.69, 9.17) is 5.73 Å². The van der Waals surface area contributed by atoms with Crippen molar-refractivity contribution in [3.63, 3.8) is 0 Å². The van der Waals surface area contributed by atoms with Crippen LogP contribution in [0.4, 0.5) is 8.78 Å². The Labute approximate surface area is 88.3 Å². The van der Waals surface area contributed by atoms with Crippen molar-refractivity contribution in [2.45, 2.75) is 25.2 Å². The fraction of sp³-hybridized carbons (Fsp3) is 0.500. The number of aryl methyl sites for hydroxylation is 1. The van der Waals surface area contributed by atoms with E-state index >= 15 is 0 Å². The van der Waals surface area contributed by atoms with E-state index in [-0.39, 0.29) is 6.54 Å². The highest BCUT2D eigenvalue weighted by atomic mass is 19.3. The normalized spacial score (nSPS) is 27.7. The Morgan fingerprint density at radius 2 is 1.87 bits per heavy atom. The summed E-state index contributed by atoms with van der Waals surface area (Å²) in [6, 6.07) is 7.43. The molecule has 0 bridgehead atoms. The molecule has 2 rings (SSSR count). The van der Waals surface area contributed by atoms with Crippen LogP contribution in [0.15, 0.2) is 24.3 Å². The van der Waals surface area contributed by atoms with Crippen LogP contribution in [0, 0.1) is 5.92 Å². The SMILES string of the molecule is CCc1ccc([C@@H]2[C@@H](CN)C2(F)F)cc1. The van der Waals surface area contributed by atoms with Crippen LogP contribution in [0.3, 0.4) is 0 Å². The van der Waals surface area contributed by atoms with Gasteiger partial charge in [-0.3, -0.25) is 0 Å². The molecule has 0 heterocycles. The van der Waals surface area contributed by atoms with Gasteiger partial charge in [0.15, 0.2) is 0 Å². The Kier molecular flexibility index (Phi) is 2.51. The van der Waals surface area contributed by atoms with Gasteiger partial charge in [-0.1, -0.05) is 31.2 Å². The average molecular weight is 211 g/mol. The predicted octanol–water partition coefficient (Wildman–Crippen LogP) is 2.56. The van der Waals surface area contributed by atoms with Gasteiger partial charge in [0, 0.05) is 12.5 Å². The first-order valence-electron chi connectivity index (χ1n) is 5.28. The molecule has 0 aromatic heterocycles. The van der Waals surface area contributed by atoms with Gasteiger partial charge in [-0.05, 0) is 17.5 Å². The third-order valence-electron chi connectivity index (χ3n) is 3.20. The number of hydrogen-bond donors (Lipinski definition) is 1. The van der Waals surface area contributed by atoms with E-state index in [1.54, 1.807) is 12.1 Å². The first kappa shape index (κ1) is 10.6. The molecule has 1 aliphatic rings. The summed E-state index contributed by atoms with van der Waals surface area (Å²) >= 11 is 0. The molecule has 0 unspecified atom stereocenters. The van der Waals surface area contributed by atoms with Crippen LogP contribution in [-0.2, 0) is 6.42 Å². The zero-order valence-corrected chi connectivity index (χ0v) is 8.71. The van der Waals surface area contributed by atoms with E-state index in [2.05, 4.69) is 0 Å². The van der Waals surface area contributed by atoms with Gasteiger partial charge in [-0.2, -0.15) is 0 Å². The molecule has 2 atom stereocenters. The molecule has 0 radical (unpaired) electrons. The monoisotopic (exact) mass is 211 g/mol. The van der Waals surface area contributed by atoms with Crippen molar-refractivity contribution in [3.8, 4) is 0 Å². The highest BCUT2D eigenvalue weighted by Gasteiger charge is 2.67. The van der Waals surface area contributed by atoms with E-state index in [1.165, 1.54) is 5.56 Å². The number of alkyl halides is 2. The highest BCUT2D eigenvalue weighted by molar-refractivity contribution is 5.34. The Morgan fingerprint density at radius 1 is 1.27 bits per heavy atom. The van der Waals surface area contributed by atoms with Crippen LogP contribution in [0.5, 0.6) is 0 Å². The van der Waals surface area contributed by atoms with Gasteiger partial charge in [-0.15, -0.1) is 0 Å². The first-order valence-corrected chi connectivity index (χ1v) is 5.28. The number of rotatable bonds is 3. The van der Waals surface area contributed by atoms with Gasteiger partial charge in [0.2, 0.25) is 0 Å². The van der Waals surface area contributed by atoms with E-state index in [1.807, 2.05) is 19.1 Å². The lowest BCUT2D eigenvalue weighted by molar-refractivity contribution is 0.0947. The maximum atomic E-state index is 13.2. The van der Waals surface area contributed by atoms with E-state index in [9.17, 15) is 8.78 Å². The second-order valence-electron chi connectivity index (χ2n) is 4.09. The Balaban J connectivity index is 2.18. The molecular weight excluding hydrogens is 196 g/mol. The summed E-state index contributed by atoms with van der Waals surface area (Å²) < 4.78 is 26.5. The third kappa shape index (κ3) is 1.65. The van der Waals surface area contributed by atoms with Gasteiger partial charge in [-0.25, -0.2) is 8.78 Å². The zero-order valence-electron chi connectivity index (χ0n) is 8.71. The van der Waals surface area contributed by atoms with Gasteiger partial charge in [0.1, 0.15) is 0 Å². The van der Waals surface area contributed by atoms with E-state index in [0.717, 1.165) is 6.42 Å². The summed E-state index contributed by atoms with van der Waals surface area (Å²) in [6.07, 6.45) is 0.932. The summed E-state index contributed by atoms with van der Waals surface area (Å²) in [5.74, 6) is -3.92. The topological polar surface area (TPSA) is 26.0 Å². The van der Waals surface area contributed by atoms with Crippen molar-refractivity contribution >= 4 is 0 Å². The Hall–Kier alpha value is -0.960. The maximum absolute atomic E-state index is 13.2. The highest BCUT2D eigenvalue weighted by Crippen LogP contribution is 2.60. The van der Waals surface area contributed by atoms with Crippen LogP contribution in [0.1, 0.15) is 24.0 Å². The number of hydrogen-bond acceptors (Lipinski definition) is 1. The molecule has 1 aliphatic carbocycles. The maximum Gasteiger partial charge on any atom is 0.260 e. The third-order valence-corrected chi connectivity index (χ3v) is 3.20. The number of halogens is 2. The number of nitrogens with two attached hydrogens (primary N) is 1. The second-order valence-corrected chi connectivity index (χ2v) is 4.09. The van der Waals surface area contributed by atoms with Crippen molar-refractivity contribution in [3.05, 3.63) is 35.4 Å². The van der Waals surface area contributed by atoms with Gasteiger partial charge in [0.05, 0.1) is 5.92 Å². The minimum absolute atomic E-state index is 0.0627. The minimum atomic E-state index is -2.59. The molecular formula is C12H15F2N. The van der Waals surface area contributed by atoms with Crippen LogP contribution >= 0.6 is 0 Å². The summed E-state index contributed by atoms with van der Waals surface area (Å²) in [4.78, 5) is 0. The van der Waals surface area contributed by atoms with Crippen LogP contribution in [-0.4, -0.2) is 12.5 Å². The van der Waals surface area contributed by atoms with Crippen molar-refractivity contribution < 1.29 is 8.78 Å². The zero-order chi connectivity index (χ0) is 11.1. The minimum Gasteiger partial charge on any atom is -0.330 e. The largest absolute Gasteiger partial charge is 0.330 e. The van der Waals surface area contributed by atoms with Crippen molar-refractivity contribution in [2.24, 2.45) is 11.7 Å². The van der Waals surface area contributed by atoms with Crippen LogP contribution < -0.4 is 5.73 Å². The van der Waals surface area contributed by atoms with E-state index in [0.29, 0.717) is 5.56 Å². The fourth-order valence-electron chi connectivity index (χ4n) is 2.10. The van der Waals surface area contributed by atoms with Crippen LogP contribution in [0.2, 0.25) is 0 Å². The summed E-state index contributed by atoms with van der Waals surface area (Å²) in [5.41, 5.74) is 7.20. The molecule has 2 N–H and O–H groups in total. The first-order chi connectivity index (χ1) is 7.11. The van der Waals surface area contributed by atoms with Crippen molar-refractivity contribution in [2.75, 3.05) is 6.54 Å². The molecule has 0 spiro atoms. The fourth-order valence-corrected chi connectivity index (χ4v) is 2.10. The second kappa shape index (κ2) is 3.56. The summed E-state index contributed by atoms with van der Waals surface area (Å²) in [6.45, 7) is 2.11. The van der Waals surface area contributed by atoms with Crippen LogP contribution in [0.25, 0.3) is 0 Å². The molecule has 0 amide bonds. The summed E-state index contributed by atoms with van der Waals surface area (Å²) in [5, 5.41) is 0. The smallest absolute Gasteiger partial charge is 0.260 e. The summed E-state index contributed by atoms with van der Waals surface area (Å²) in [7, 11) is 0. The molecule has 1 aromatic rings. The van der Waals surface area contributed by atoms with Gasteiger partial charge < -0.3 is 5.73 Å². The quantitative estimate of drug-likeness (QED) is 0.817. The lowest BCUT2D eigenvalue weighted by Gasteiger charge is -2.00. The average Bonchev–Trinajstić information content (AvgIpc) is 2.80. The predicted molar refractivity (Wildman–Crippen MR) is 56.1 cm³/mol. The molecule has 1 nitrogen and oxygen atoms in total. The molecule has 0 saturated heterocycles. The standard InChI is InChI=1S/C12H15F2N/c1-2-8-3-5-9(6-4-8)11-10(7-15)12(11,13)14/h3-6,10-11H,2,7,15H2,1H3/t10-,11-/m1/s1. The molecule has 3 heteroatoms. The van der Waals surface area contributed by atoms with Crippen molar-refractivity contribution in [1.29, 1.82) is 0 Å². The van der Waals surface area contributed by atoms with Gasteiger partial charge >= 0.3 is 0 Å². The molecule has 1 fully saturated rings. The molecule has 1 saturated carbocycles. The molecule has 0 aliphatic heterocycles. The number of benzene rings is 1. The van der Waals surface area contributed by atoms with Crippen molar-refractivity contribution in [1.82, 2.24) is 0 Å². The van der Waals surface area contributed by atoms with Gasteiger partial charge in [0.25, 0.3) is 5.92 Å². The lowest BCUT2D eigenvalue weighted by atomic mass is 10.1. The molecule has 15 heavy (non-hydrogen) atoms. The Morgan fingerprint density at radius 3 is 2.27 bits per heavy atom. The van der Waals surface area contributed by atoms with E-state index < -0.39 is 17.8 Å². The molecule has 82 valence electrons. The Bertz CT molecular complexity index is 345. The lowest BCUT2D eigenvalue weighted by Crippen LogP contribution is -2.06.